The van der Waals surface area contributed by atoms with Crippen LogP contribution in [0.1, 0.15) is 15.9 Å². The van der Waals surface area contributed by atoms with E-state index in [1.807, 2.05) is 30.3 Å². The van der Waals surface area contributed by atoms with E-state index in [2.05, 4.69) is 10.6 Å². The van der Waals surface area contributed by atoms with E-state index in [0.29, 0.717) is 16.5 Å². The molecule has 37 heavy (non-hydrogen) atoms. The van der Waals surface area contributed by atoms with Crippen molar-refractivity contribution < 1.29 is 22.4 Å². The van der Waals surface area contributed by atoms with Crippen molar-refractivity contribution >= 4 is 38.3 Å². The lowest BCUT2D eigenvalue weighted by Gasteiger charge is -2.20. The lowest BCUT2D eigenvalue weighted by atomic mass is 10.0. The van der Waals surface area contributed by atoms with Crippen molar-refractivity contribution in [2.45, 2.75) is 17.4 Å². The Labute approximate surface area is 215 Å². The second-order valence-corrected chi connectivity index (χ2v) is 10.8. The summed E-state index contributed by atoms with van der Waals surface area (Å²) in [5.74, 6) is -1.47. The summed E-state index contributed by atoms with van der Waals surface area (Å²) >= 11 is 0. The van der Waals surface area contributed by atoms with Crippen molar-refractivity contribution in [3.05, 3.63) is 108 Å². The number of hydrogen-bond donors (Lipinski definition) is 2. The second-order valence-electron chi connectivity index (χ2n) is 8.66. The minimum atomic E-state index is -3.72. The van der Waals surface area contributed by atoms with Gasteiger partial charge in [-0.2, -0.15) is 0 Å². The number of rotatable bonds is 8. The fourth-order valence-electron chi connectivity index (χ4n) is 3.93. The summed E-state index contributed by atoms with van der Waals surface area (Å²) in [7, 11) is -0.806. The molecule has 0 fully saturated rings. The number of carbonyl (C=O) groups is 2. The van der Waals surface area contributed by atoms with Crippen LogP contribution in [0.25, 0.3) is 10.8 Å². The highest BCUT2D eigenvalue weighted by atomic mass is 32.2. The van der Waals surface area contributed by atoms with E-state index < -0.39 is 33.7 Å². The van der Waals surface area contributed by atoms with Gasteiger partial charge in [0.1, 0.15) is 11.9 Å². The number of sulfonamides is 1. The van der Waals surface area contributed by atoms with E-state index >= 15 is 0 Å². The molecule has 0 spiro atoms. The van der Waals surface area contributed by atoms with Crippen molar-refractivity contribution in [2.24, 2.45) is 0 Å². The molecule has 0 aliphatic heterocycles. The van der Waals surface area contributed by atoms with Gasteiger partial charge >= 0.3 is 0 Å². The van der Waals surface area contributed by atoms with Gasteiger partial charge in [0.15, 0.2) is 0 Å². The average molecular weight is 520 g/mol. The number of hydrogen-bond acceptors (Lipinski definition) is 4. The highest BCUT2D eigenvalue weighted by Gasteiger charge is 2.24. The summed E-state index contributed by atoms with van der Waals surface area (Å²) in [5, 5.41) is 6.61. The molecule has 0 saturated carbocycles. The molecule has 0 heterocycles. The molecule has 2 amide bonds. The quantitative estimate of drug-likeness (QED) is 0.365. The van der Waals surface area contributed by atoms with Gasteiger partial charge in [-0.15, -0.1) is 0 Å². The number of fused-ring (bicyclic) bond motifs is 1. The van der Waals surface area contributed by atoms with Gasteiger partial charge in [-0.3, -0.25) is 9.59 Å². The monoisotopic (exact) mass is 519 g/mol. The highest BCUT2D eigenvalue weighted by molar-refractivity contribution is 7.89. The van der Waals surface area contributed by atoms with Crippen LogP contribution in [0.3, 0.4) is 0 Å². The van der Waals surface area contributed by atoms with Crippen LogP contribution in [-0.2, 0) is 21.2 Å². The first kappa shape index (κ1) is 26.0. The first-order valence-corrected chi connectivity index (χ1v) is 13.0. The van der Waals surface area contributed by atoms with Crippen molar-refractivity contribution in [3.8, 4) is 0 Å². The Kier molecular flexibility index (Phi) is 7.66. The van der Waals surface area contributed by atoms with Crippen molar-refractivity contribution in [2.75, 3.05) is 19.4 Å². The smallest absolute Gasteiger partial charge is 0.251 e. The summed E-state index contributed by atoms with van der Waals surface area (Å²) in [4.78, 5) is 26.4. The molecule has 0 aromatic heterocycles. The van der Waals surface area contributed by atoms with Crippen LogP contribution in [0.4, 0.5) is 10.1 Å². The largest absolute Gasteiger partial charge is 0.340 e. The van der Waals surface area contributed by atoms with Crippen molar-refractivity contribution in [1.29, 1.82) is 0 Å². The number of nitrogens with zero attached hydrogens (tertiary/aromatic N) is 1. The minimum Gasteiger partial charge on any atom is -0.340 e. The molecule has 9 heteroatoms. The molecule has 190 valence electrons. The maximum absolute atomic E-state index is 13.5. The number of benzene rings is 4. The fraction of sp³-hybridized carbons (Fsp3) is 0.143. The Morgan fingerprint density at radius 2 is 1.49 bits per heavy atom. The van der Waals surface area contributed by atoms with Crippen LogP contribution < -0.4 is 10.6 Å². The molecule has 0 bridgehead atoms. The lowest BCUT2D eigenvalue weighted by Crippen LogP contribution is -2.45. The first-order valence-electron chi connectivity index (χ1n) is 11.5. The molecule has 1 atom stereocenters. The average Bonchev–Trinajstić information content (AvgIpc) is 2.89. The topological polar surface area (TPSA) is 95.6 Å². The molecule has 4 aromatic rings. The van der Waals surface area contributed by atoms with E-state index in [4.69, 9.17) is 0 Å². The number of nitrogens with one attached hydrogen (secondary N) is 2. The molecular formula is C28H26FN3O4S. The first-order chi connectivity index (χ1) is 17.7. The van der Waals surface area contributed by atoms with Gasteiger partial charge in [0.25, 0.3) is 5.91 Å². The molecule has 0 radical (unpaired) electrons. The third kappa shape index (κ3) is 5.84. The number of amides is 2. The molecule has 0 aliphatic rings. The van der Waals surface area contributed by atoms with Crippen molar-refractivity contribution in [1.82, 2.24) is 9.62 Å². The van der Waals surface area contributed by atoms with Gasteiger partial charge < -0.3 is 10.6 Å². The molecule has 0 aliphatic carbocycles. The van der Waals surface area contributed by atoms with Crippen LogP contribution in [0.5, 0.6) is 0 Å². The third-order valence-corrected chi connectivity index (χ3v) is 7.78. The minimum absolute atomic E-state index is 0.122. The zero-order valence-electron chi connectivity index (χ0n) is 20.3. The van der Waals surface area contributed by atoms with Crippen molar-refractivity contribution in [3.63, 3.8) is 0 Å². The Bertz CT molecular complexity index is 1540. The molecule has 4 rings (SSSR count). The highest BCUT2D eigenvalue weighted by Crippen LogP contribution is 2.30. The maximum Gasteiger partial charge on any atom is 0.251 e. The van der Waals surface area contributed by atoms with Gasteiger partial charge in [0.2, 0.25) is 15.9 Å². The molecule has 4 aromatic carbocycles. The zero-order chi connectivity index (χ0) is 26.6. The summed E-state index contributed by atoms with van der Waals surface area (Å²) in [6, 6.07) is 23.2. The van der Waals surface area contributed by atoms with E-state index in [1.165, 1.54) is 44.4 Å². The predicted molar refractivity (Wildman–Crippen MR) is 141 cm³/mol. The van der Waals surface area contributed by atoms with Crippen LogP contribution in [0.2, 0.25) is 0 Å². The van der Waals surface area contributed by atoms with E-state index in [-0.39, 0.29) is 16.9 Å². The van der Waals surface area contributed by atoms with E-state index in [9.17, 15) is 22.4 Å². The summed E-state index contributed by atoms with van der Waals surface area (Å²) in [6.45, 7) is 0. The molecule has 0 saturated heterocycles. The third-order valence-electron chi connectivity index (χ3n) is 5.91. The van der Waals surface area contributed by atoms with Gasteiger partial charge in [-0.05, 0) is 42.0 Å². The van der Waals surface area contributed by atoms with Gasteiger partial charge in [0, 0.05) is 42.5 Å². The van der Waals surface area contributed by atoms with Gasteiger partial charge in [0.05, 0.1) is 4.90 Å². The van der Waals surface area contributed by atoms with Gasteiger partial charge in [-0.25, -0.2) is 17.1 Å². The Balaban J connectivity index is 1.66. The van der Waals surface area contributed by atoms with Crippen LogP contribution in [0.15, 0.2) is 95.9 Å². The summed E-state index contributed by atoms with van der Waals surface area (Å²) in [6.07, 6.45) is 0.213. The van der Waals surface area contributed by atoms with E-state index in [1.54, 1.807) is 30.3 Å². The summed E-state index contributed by atoms with van der Waals surface area (Å²) < 4.78 is 40.1. The predicted octanol–water partition coefficient (Wildman–Crippen LogP) is 4.21. The summed E-state index contributed by atoms with van der Waals surface area (Å²) in [5.41, 5.74) is 1.46. The molecule has 0 unspecified atom stereocenters. The number of halogens is 1. The molecular weight excluding hydrogens is 493 g/mol. The Morgan fingerprint density at radius 1 is 0.838 bits per heavy atom. The van der Waals surface area contributed by atoms with Crippen LogP contribution >= 0.6 is 0 Å². The second kappa shape index (κ2) is 10.9. The lowest BCUT2D eigenvalue weighted by molar-refractivity contribution is -0.118. The van der Waals surface area contributed by atoms with Crippen LogP contribution in [0, 0.1) is 5.82 Å². The number of anilines is 1. The van der Waals surface area contributed by atoms with Gasteiger partial charge in [-0.1, -0.05) is 54.6 Å². The SMILES string of the molecule is CN(C)S(=O)(=O)c1cccc2c(NC(=O)[C@H](Cc3ccccc3)NC(=O)c3ccc(F)cc3)cccc12. The fourth-order valence-corrected chi connectivity index (χ4v) is 5.03. The Hall–Kier alpha value is -4.08. The van der Waals surface area contributed by atoms with Crippen LogP contribution in [-0.4, -0.2) is 44.7 Å². The maximum atomic E-state index is 13.5. The normalized spacial score (nSPS) is 12.3. The molecule has 7 nitrogen and oxygen atoms in total. The number of carbonyl (C=O) groups excluding carboxylic acids is 2. The van der Waals surface area contributed by atoms with E-state index in [0.717, 1.165) is 9.87 Å². The zero-order valence-corrected chi connectivity index (χ0v) is 21.1. The standard InChI is InChI=1S/C28H26FN3O4S/c1-32(2)37(35,36)26-13-7-10-22-23(26)11-6-12-24(22)30-28(34)25(18-19-8-4-3-5-9-19)31-27(33)20-14-16-21(29)17-15-20/h3-17,25H,18H2,1-2H3,(H,30,34)(H,31,33)/t25-/m0/s1. The molecule has 2 N–H and O–H groups in total. The Morgan fingerprint density at radius 3 is 2.16 bits per heavy atom.